The van der Waals surface area contributed by atoms with Crippen LogP contribution in [0.1, 0.15) is 16.1 Å². The van der Waals surface area contributed by atoms with Crippen LogP contribution in [0.3, 0.4) is 0 Å². The zero-order valence-corrected chi connectivity index (χ0v) is 9.01. The minimum absolute atomic E-state index is 0.134. The highest BCUT2D eigenvalue weighted by molar-refractivity contribution is 6.31. The lowest BCUT2D eigenvalue weighted by Gasteiger charge is -1.99. The largest absolute Gasteiger partial charge is 0.477 e. The Labute approximate surface area is 96.2 Å². The van der Waals surface area contributed by atoms with Crippen molar-refractivity contribution in [2.45, 2.75) is 6.54 Å². The maximum Gasteiger partial charge on any atom is 0.352 e. The molecule has 2 rings (SSSR count). The van der Waals surface area contributed by atoms with E-state index in [1.165, 1.54) is 0 Å². The summed E-state index contributed by atoms with van der Waals surface area (Å²) in [6, 6.07) is 5.16. The van der Waals surface area contributed by atoms with Gasteiger partial charge in [-0.3, -0.25) is 11.3 Å². The number of aromatic carboxylic acids is 1. The summed E-state index contributed by atoms with van der Waals surface area (Å²) in [7, 11) is 0. The second-order valence-corrected chi connectivity index (χ2v) is 3.79. The van der Waals surface area contributed by atoms with Gasteiger partial charge < -0.3 is 10.1 Å². The van der Waals surface area contributed by atoms with Gasteiger partial charge in [0, 0.05) is 28.0 Å². The van der Waals surface area contributed by atoms with E-state index in [1.807, 2.05) is 0 Å². The van der Waals surface area contributed by atoms with E-state index in [0.29, 0.717) is 10.6 Å². The normalized spacial score (nSPS) is 10.9. The molecule has 0 radical (unpaired) electrons. The number of halogens is 1. The first-order valence-electron chi connectivity index (χ1n) is 4.60. The third-order valence-corrected chi connectivity index (χ3v) is 2.60. The van der Waals surface area contributed by atoms with Gasteiger partial charge in [0.2, 0.25) is 0 Å². The Morgan fingerprint density at radius 1 is 1.56 bits per heavy atom. The molecule has 0 atom stereocenters. The van der Waals surface area contributed by atoms with Gasteiger partial charge in [-0.1, -0.05) is 11.6 Å². The summed E-state index contributed by atoms with van der Waals surface area (Å²) >= 11 is 5.87. The molecule has 0 spiro atoms. The number of aromatic amines is 1. The van der Waals surface area contributed by atoms with E-state index in [9.17, 15) is 4.79 Å². The Morgan fingerprint density at radius 2 is 2.31 bits per heavy atom. The molecular weight excluding hydrogens is 230 g/mol. The number of rotatable bonds is 3. The Kier molecular flexibility index (Phi) is 2.82. The molecule has 1 aromatic heterocycles. The number of hydrogen-bond acceptors (Lipinski definition) is 3. The average molecular weight is 240 g/mol. The molecule has 0 saturated heterocycles. The van der Waals surface area contributed by atoms with Crippen LogP contribution < -0.4 is 11.3 Å². The third-order valence-electron chi connectivity index (χ3n) is 2.36. The fourth-order valence-electron chi connectivity index (χ4n) is 1.69. The second kappa shape index (κ2) is 4.13. The molecule has 0 fully saturated rings. The fraction of sp³-hybridized carbons (Fsp3) is 0.100. The number of nitrogens with one attached hydrogen (secondary N) is 2. The lowest BCUT2D eigenvalue weighted by atomic mass is 10.1. The van der Waals surface area contributed by atoms with E-state index in [-0.39, 0.29) is 12.2 Å². The summed E-state index contributed by atoms with van der Waals surface area (Å²) in [6.07, 6.45) is 0. The van der Waals surface area contributed by atoms with Gasteiger partial charge in [-0.2, -0.15) is 0 Å². The monoisotopic (exact) mass is 239 g/mol. The number of nitrogens with two attached hydrogens (primary N) is 1. The van der Waals surface area contributed by atoms with Gasteiger partial charge in [0.05, 0.1) is 0 Å². The number of hydrazine groups is 1. The Morgan fingerprint density at radius 3 is 2.94 bits per heavy atom. The molecule has 0 unspecified atom stereocenters. The van der Waals surface area contributed by atoms with Crippen LogP contribution in [0.25, 0.3) is 10.9 Å². The van der Waals surface area contributed by atoms with Crippen molar-refractivity contribution in [2.24, 2.45) is 5.84 Å². The SMILES string of the molecule is NNCc1c(C(=O)O)[nH]c2ccc(Cl)cc12. The predicted octanol–water partition coefficient (Wildman–Crippen LogP) is 1.48. The molecule has 0 aliphatic carbocycles. The van der Waals surface area contributed by atoms with Gasteiger partial charge in [-0.15, -0.1) is 0 Å². The highest BCUT2D eigenvalue weighted by Gasteiger charge is 2.16. The molecule has 0 bridgehead atoms. The minimum atomic E-state index is -1.02. The Balaban J connectivity index is 2.71. The van der Waals surface area contributed by atoms with Crippen molar-refractivity contribution < 1.29 is 9.90 Å². The van der Waals surface area contributed by atoms with Gasteiger partial charge in [-0.05, 0) is 18.2 Å². The van der Waals surface area contributed by atoms with Gasteiger partial charge in [0.25, 0.3) is 0 Å². The molecule has 6 heteroatoms. The van der Waals surface area contributed by atoms with Gasteiger partial charge in [0.15, 0.2) is 0 Å². The zero-order chi connectivity index (χ0) is 11.7. The quantitative estimate of drug-likeness (QED) is 0.482. The summed E-state index contributed by atoms with van der Waals surface area (Å²) in [5, 5.41) is 10.4. The van der Waals surface area contributed by atoms with Crippen molar-refractivity contribution in [3.8, 4) is 0 Å². The third kappa shape index (κ3) is 1.76. The van der Waals surface area contributed by atoms with E-state index >= 15 is 0 Å². The number of carboxylic acid groups (broad SMARTS) is 1. The molecular formula is C10H10ClN3O2. The summed E-state index contributed by atoms with van der Waals surface area (Å²) in [5.41, 5.74) is 3.92. The summed E-state index contributed by atoms with van der Waals surface area (Å²) in [6.45, 7) is 0.266. The minimum Gasteiger partial charge on any atom is -0.477 e. The highest BCUT2D eigenvalue weighted by Crippen LogP contribution is 2.25. The van der Waals surface area contributed by atoms with Gasteiger partial charge in [-0.25, -0.2) is 4.79 Å². The van der Waals surface area contributed by atoms with Crippen LogP contribution in [-0.4, -0.2) is 16.1 Å². The maximum absolute atomic E-state index is 11.0. The first-order valence-corrected chi connectivity index (χ1v) is 4.98. The number of fused-ring (bicyclic) bond motifs is 1. The topological polar surface area (TPSA) is 91.1 Å². The van der Waals surface area contributed by atoms with E-state index in [2.05, 4.69) is 10.4 Å². The smallest absolute Gasteiger partial charge is 0.352 e. The van der Waals surface area contributed by atoms with E-state index in [1.54, 1.807) is 18.2 Å². The second-order valence-electron chi connectivity index (χ2n) is 3.35. The van der Waals surface area contributed by atoms with Crippen LogP contribution in [0.15, 0.2) is 18.2 Å². The summed E-state index contributed by atoms with van der Waals surface area (Å²) in [4.78, 5) is 13.8. The number of aromatic nitrogens is 1. The van der Waals surface area contributed by atoms with Crippen molar-refractivity contribution >= 4 is 28.5 Å². The molecule has 16 heavy (non-hydrogen) atoms. The van der Waals surface area contributed by atoms with Crippen molar-refractivity contribution in [2.75, 3.05) is 0 Å². The molecule has 84 valence electrons. The van der Waals surface area contributed by atoms with Gasteiger partial charge in [0.1, 0.15) is 5.69 Å². The van der Waals surface area contributed by atoms with Crippen LogP contribution in [0.4, 0.5) is 0 Å². The lowest BCUT2D eigenvalue weighted by molar-refractivity contribution is 0.0690. The Bertz CT molecular complexity index is 550. The van der Waals surface area contributed by atoms with Crippen molar-refractivity contribution in [3.63, 3.8) is 0 Å². The predicted molar refractivity (Wildman–Crippen MR) is 61.3 cm³/mol. The van der Waals surface area contributed by atoms with Crippen LogP contribution in [0.2, 0.25) is 5.02 Å². The number of carboxylic acids is 1. The fourth-order valence-corrected chi connectivity index (χ4v) is 1.86. The van der Waals surface area contributed by atoms with Crippen LogP contribution >= 0.6 is 11.6 Å². The van der Waals surface area contributed by atoms with E-state index in [0.717, 1.165) is 10.9 Å². The standard InChI is InChI=1S/C10H10ClN3O2/c11-5-1-2-8-6(3-5)7(4-13-12)9(14-8)10(15)16/h1-3,13-14H,4,12H2,(H,15,16). The molecule has 5 N–H and O–H groups in total. The van der Waals surface area contributed by atoms with Crippen LogP contribution in [-0.2, 0) is 6.54 Å². The maximum atomic E-state index is 11.0. The molecule has 0 aliphatic rings. The molecule has 0 amide bonds. The lowest BCUT2D eigenvalue weighted by Crippen LogP contribution is -2.22. The first-order chi connectivity index (χ1) is 7.63. The molecule has 0 saturated carbocycles. The molecule has 5 nitrogen and oxygen atoms in total. The van der Waals surface area contributed by atoms with Crippen LogP contribution in [0.5, 0.6) is 0 Å². The van der Waals surface area contributed by atoms with Crippen molar-refractivity contribution in [1.29, 1.82) is 0 Å². The van der Waals surface area contributed by atoms with Gasteiger partial charge >= 0.3 is 5.97 Å². The average Bonchev–Trinajstić information content (AvgIpc) is 2.58. The number of carbonyl (C=O) groups is 1. The number of hydrogen-bond donors (Lipinski definition) is 4. The van der Waals surface area contributed by atoms with E-state index in [4.69, 9.17) is 22.6 Å². The summed E-state index contributed by atoms with van der Waals surface area (Å²) < 4.78 is 0. The molecule has 2 aromatic rings. The number of H-pyrrole nitrogens is 1. The van der Waals surface area contributed by atoms with E-state index < -0.39 is 5.97 Å². The molecule has 0 aliphatic heterocycles. The first kappa shape index (κ1) is 10.9. The van der Waals surface area contributed by atoms with Crippen molar-refractivity contribution in [3.05, 3.63) is 34.5 Å². The summed E-state index contributed by atoms with van der Waals surface area (Å²) in [5.74, 6) is 4.21. The zero-order valence-electron chi connectivity index (χ0n) is 8.25. The molecule has 1 aromatic carbocycles. The van der Waals surface area contributed by atoms with Crippen LogP contribution in [0, 0.1) is 0 Å². The highest BCUT2D eigenvalue weighted by atomic mass is 35.5. The molecule has 1 heterocycles. The van der Waals surface area contributed by atoms with Crippen molar-refractivity contribution in [1.82, 2.24) is 10.4 Å². The number of benzene rings is 1. The Hall–Kier alpha value is -1.56.